The van der Waals surface area contributed by atoms with Crippen molar-refractivity contribution < 1.29 is 19.2 Å². The van der Waals surface area contributed by atoms with E-state index in [2.05, 4.69) is 55.4 Å². The van der Waals surface area contributed by atoms with Crippen LogP contribution in [0.25, 0.3) is 0 Å². The maximum Gasteiger partial charge on any atom is 0.253 e. The molecule has 0 bridgehead atoms. The lowest BCUT2D eigenvalue weighted by molar-refractivity contribution is -0.134. The molecule has 3 aromatic rings. The monoisotopic (exact) mass is 804 g/mol. The number of amides is 4. The Morgan fingerprint density at radius 1 is 0.828 bits per heavy atom. The quantitative estimate of drug-likeness (QED) is 0.291. The molecule has 0 aliphatic carbocycles. The fourth-order valence-corrected chi connectivity index (χ4v) is 10.0. The van der Waals surface area contributed by atoms with E-state index in [-0.39, 0.29) is 29.6 Å². The molecule has 0 aromatic heterocycles. The van der Waals surface area contributed by atoms with Crippen molar-refractivity contribution in [3.63, 3.8) is 0 Å². The van der Waals surface area contributed by atoms with E-state index in [0.717, 1.165) is 114 Å². The summed E-state index contributed by atoms with van der Waals surface area (Å²) < 4.78 is 0. The molecule has 2 N–H and O–H groups in total. The standard InChI is InChI=1S/C45H53ClN8O4/c1-31-27-45(30-54(31)38-11-6-35(28-47)39(46)26-38)16-20-51(21-17-45)36-9-4-34(5-10-36)44(58)53-18-14-32(15-19-53)29-50-22-24-52(25-23-50)37-7-2-33(3-8-37)42(56)48-40-12-13-41(55)49-43(40)57/h2-11,26,31-32,40H,12-25,27,29-30H2,1H3,(H,48,56)(H,49,55,57)/t31-,40-/m1/s1. The van der Waals surface area contributed by atoms with Gasteiger partial charge in [0.25, 0.3) is 11.8 Å². The summed E-state index contributed by atoms with van der Waals surface area (Å²) >= 11 is 6.38. The molecule has 304 valence electrons. The van der Waals surface area contributed by atoms with Crippen molar-refractivity contribution >= 4 is 52.3 Å². The second-order valence-corrected chi connectivity index (χ2v) is 17.4. The normalized spacial score (nSPS) is 22.8. The van der Waals surface area contributed by atoms with Crippen LogP contribution in [0.1, 0.15) is 78.1 Å². The van der Waals surface area contributed by atoms with Crippen LogP contribution in [0.2, 0.25) is 5.02 Å². The number of anilines is 3. The number of nitriles is 1. The minimum atomic E-state index is -0.692. The predicted molar refractivity (Wildman–Crippen MR) is 225 cm³/mol. The van der Waals surface area contributed by atoms with Crippen molar-refractivity contribution in [3.8, 4) is 6.07 Å². The van der Waals surface area contributed by atoms with Crippen molar-refractivity contribution in [1.82, 2.24) is 20.4 Å². The van der Waals surface area contributed by atoms with E-state index in [4.69, 9.17) is 11.6 Å². The third-order valence-corrected chi connectivity index (χ3v) is 13.6. The van der Waals surface area contributed by atoms with Gasteiger partial charge in [-0.05, 0) is 124 Å². The number of nitrogens with one attached hydrogen (secondary N) is 2. The predicted octanol–water partition coefficient (Wildman–Crippen LogP) is 5.31. The first-order chi connectivity index (χ1) is 28.1. The van der Waals surface area contributed by atoms with Crippen LogP contribution in [0.15, 0.2) is 66.7 Å². The van der Waals surface area contributed by atoms with E-state index < -0.39 is 11.9 Å². The fourth-order valence-electron chi connectivity index (χ4n) is 9.81. The van der Waals surface area contributed by atoms with Gasteiger partial charge in [-0.25, -0.2) is 0 Å². The summed E-state index contributed by atoms with van der Waals surface area (Å²) in [6.45, 7) is 11.6. The third kappa shape index (κ3) is 8.66. The van der Waals surface area contributed by atoms with Crippen molar-refractivity contribution in [3.05, 3.63) is 88.4 Å². The number of carbonyl (C=O) groups is 4. The van der Waals surface area contributed by atoms with Crippen LogP contribution < -0.4 is 25.3 Å². The lowest BCUT2D eigenvalue weighted by Gasteiger charge is -2.40. The van der Waals surface area contributed by atoms with E-state index in [0.29, 0.717) is 34.5 Å². The molecule has 58 heavy (non-hydrogen) atoms. The molecule has 5 heterocycles. The highest BCUT2D eigenvalue weighted by atomic mass is 35.5. The number of rotatable bonds is 8. The van der Waals surface area contributed by atoms with Gasteiger partial charge in [0.05, 0.1) is 10.6 Å². The van der Waals surface area contributed by atoms with Gasteiger partial charge in [-0.1, -0.05) is 11.6 Å². The number of halogens is 1. The molecule has 0 saturated carbocycles. The van der Waals surface area contributed by atoms with Gasteiger partial charge >= 0.3 is 0 Å². The summed E-state index contributed by atoms with van der Waals surface area (Å²) in [5.41, 5.74) is 5.37. The average Bonchev–Trinajstić information content (AvgIpc) is 3.57. The Kier molecular flexibility index (Phi) is 11.6. The zero-order valence-corrected chi connectivity index (χ0v) is 34.1. The van der Waals surface area contributed by atoms with Gasteiger partial charge in [-0.15, -0.1) is 0 Å². The maximum absolute atomic E-state index is 13.6. The van der Waals surface area contributed by atoms with E-state index in [1.807, 2.05) is 47.4 Å². The van der Waals surface area contributed by atoms with Gasteiger partial charge in [0.15, 0.2) is 0 Å². The molecule has 0 radical (unpaired) electrons. The topological polar surface area (TPSA) is 132 Å². The van der Waals surface area contributed by atoms with Crippen molar-refractivity contribution in [2.24, 2.45) is 11.3 Å². The molecule has 0 unspecified atom stereocenters. The van der Waals surface area contributed by atoms with Gasteiger partial charge in [0.2, 0.25) is 11.8 Å². The number of piperidine rings is 3. The Morgan fingerprint density at radius 3 is 2.07 bits per heavy atom. The number of benzene rings is 3. The number of hydrogen-bond donors (Lipinski definition) is 2. The third-order valence-electron chi connectivity index (χ3n) is 13.3. The Balaban J connectivity index is 0.749. The van der Waals surface area contributed by atoms with Crippen LogP contribution in [0.3, 0.4) is 0 Å². The summed E-state index contributed by atoms with van der Waals surface area (Å²) in [4.78, 5) is 61.5. The largest absolute Gasteiger partial charge is 0.371 e. The number of imide groups is 1. The fraction of sp³-hybridized carbons (Fsp3) is 0.489. The zero-order chi connectivity index (χ0) is 40.4. The summed E-state index contributed by atoms with van der Waals surface area (Å²) in [6.07, 6.45) is 5.94. The number of carbonyl (C=O) groups excluding carboxylic acids is 4. The summed E-state index contributed by atoms with van der Waals surface area (Å²) in [5.74, 6) is -0.388. The number of nitrogens with zero attached hydrogens (tertiary/aromatic N) is 6. The van der Waals surface area contributed by atoms with Crippen molar-refractivity contribution in [2.45, 2.75) is 64.0 Å². The maximum atomic E-state index is 13.6. The Hall–Kier alpha value is -5.12. The molecule has 8 rings (SSSR count). The van der Waals surface area contributed by atoms with Crippen LogP contribution in [0, 0.1) is 22.7 Å². The van der Waals surface area contributed by atoms with Crippen molar-refractivity contribution in [1.29, 1.82) is 5.26 Å². The molecule has 5 aliphatic rings. The van der Waals surface area contributed by atoms with Gasteiger partial charge in [-0.3, -0.25) is 29.4 Å². The SMILES string of the molecule is C[C@@H]1CC2(CCN(c3ccc(C(=O)N4CCC(CN5CCN(c6ccc(C(=O)N[C@@H]7CCC(=O)NC7=O)cc6)CC5)CC4)cc3)CC2)CN1c1ccc(C#N)c(Cl)c1. The highest BCUT2D eigenvalue weighted by Gasteiger charge is 2.44. The molecule has 13 heteroatoms. The number of hydrogen-bond acceptors (Lipinski definition) is 9. The minimum Gasteiger partial charge on any atom is -0.371 e. The highest BCUT2D eigenvalue weighted by molar-refractivity contribution is 6.32. The first-order valence-electron chi connectivity index (χ1n) is 20.9. The molecule has 3 aromatic carbocycles. The lowest BCUT2D eigenvalue weighted by Crippen LogP contribution is -2.52. The molecule has 4 amide bonds. The molecule has 2 atom stereocenters. The summed E-state index contributed by atoms with van der Waals surface area (Å²) in [5, 5.41) is 14.8. The van der Waals surface area contributed by atoms with Gasteiger partial charge < -0.3 is 24.9 Å². The average molecular weight is 805 g/mol. The number of piperazine rings is 1. The molecular weight excluding hydrogens is 752 g/mol. The molecule has 5 aliphatic heterocycles. The summed E-state index contributed by atoms with van der Waals surface area (Å²) in [7, 11) is 0. The molecular formula is C45H53ClN8O4. The summed E-state index contributed by atoms with van der Waals surface area (Å²) in [6, 6.07) is 23.4. The zero-order valence-electron chi connectivity index (χ0n) is 33.3. The Labute approximate surface area is 346 Å². The van der Waals surface area contributed by atoms with E-state index >= 15 is 0 Å². The van der Waals surface area contributed by atoms with Gasteiger partial charge in [0, 0.05) is 106 Å². The minimum absolute atomic E-state index is 0.124. The smallest absolute Gasteiger partial charge is 0.253 e. The molecule has 5 fully saturated rings. The highest BCUT2D eigenvalue weighted by Crippen LogP contribution is 2.46. The van der Waals surface area contributed by atoms with Crippen LogP contribution in [-0.4, -0.2) is 111 Å². The molecule has 5 saturated heterocycles. The van der Waals surface area contributed by atoms with Crippen LogP contribution >= 0.6 is 11.6 Å². The van der Waals surface area contributed by atoms with E-state index in [1.165, 1.54) is 5.69 Å². The first kappa shape index (κ1) is 39.7. The molecule has 1 spiro atoms. The van der Waals surface area contributed by atoms with Crippen LogP contribution in [0.4, 0.5) is 17.1 Å². The van der Waals surface area contributed by atoms with Crippen LogP contribution in [0.5, 0.6) is 0 Å². The van der Waals surface area contributed by atoms with E-state index in [1.54, 1.807) is 12.1 Å². The van der Waals surface area contributed by atoms with E-state index in [9.17, 15) is 24.4 Å². The van der Waals surface area contributed by atoms with Crippen molar-refractivity contribution in [2.75, 3.05) is 80.1 Å². The second kappa shape index (κ2) is 17.0. The lowest BCUT2D eigenvalue weighted by atomic mass is 9.76. The van der Waals surface area contributed by atoms with Crippen LogP contribution in [-0.2, 0) is 9.59 Å². The first-order valence-corrected chi connectivity index (χ1v) is 21.3. The second-order valence-electron chi connectivity index (χ2n) is 17.0. The molecule has 12 nitrogen and oxygen atoms in total. The Bertz CT molecular complexity index is 2050. The van der Waals surface area contributed by atoms with Gasteiger partial charge in [0.1, 0.15) is 12.1 Å². The Morgan fingerprint density at radius 2 is 1.45 bits per heavy atom. The van der Waals surface area contributed by atoms with Gasteiger partial charge in [-0.2, -0.15) is 5.26 Å². The number of likely N-dealkylation sites (tertiary alicyclic amines) is 1.